The number of nitrogens with zero attached hydrogens (tertiary/aromatic N) is 1. The summed E-state index contributed by atoms with van der Waals surface area (Å²) in [5, 5.41) is 13.7. The van der Waals surface area contributed by atoms with Gasteiger partial charge in [-0.25, -0.2) is 0 Å². The molecule has 1 heterocycles. The molecule has 3 rings (SSSR count). The largest absolute Gasteiger partial charge is 0.351 e. The summed E-state index contributed by atoms with van der Waals surface area (Å²) < 4.78 is 0. The molecule has 2 aromatic rings. The molecule has 1 saturated carbocycles. The van der Waals surface area contributed by atoms with E-state index in [1.165, 1.54) is 37.7 Å². The molecular formula is C29H45N5O. The maximum absolute atomic E-state index is 12.9. The quantitative estimate of drug-likeness (QED) is 0.287. The molecule has 6 heteroatoms. The Labute approximate surface area is 212 Å². The van der Waals surface area contributed by atoms with Gasteiger partial charge in [0.15, 0.2) is 0 Å². The number of nitrogens with one attached hydrogen (secondary N) is 4. The molecule has 1 aromatic carbocycles. The van der Waals surface area contributed by atoms with Crippen LogP contribution < -0.4 is 21.3 Å². The van der Waals surface area contributed by atoms with Crippen LogP contribution in [0.4, 0.5) is 0 Å². The second kappa shape index (κ2) is 15.7. The first-order valence-electron chi connectivity index (χ1n) is 13.5. The Morgan fingerprint density at radius 2 is 1.69 bits per heavy atom. The number of carbonyl (C=O) groups is 1. The van der Waals surface area contributed by atoms with Crippen molar-refractivity contribution in [1.82, 2.24) is 26.3 Å². The van der Waals surface area contributed by atoms with Gasteiger partial charge in [0.05, 0.1) is 11.7 Å². The highest BCUT2D eigenvalue weighted by Gasteiger charge is 2.19. The predicted molar refractivity (Wildman–Crippen MR) is 144 cm³/mol. The monoisotopic (exact) mass is 479 g/mol. The first-order chi connectivity index (χ1) is 17.1. The summed E-state index contributed by atoms with van der Waals surface area (Å²) in [5.74, 6) is 0.471. The Morgan fingerprint density at radius 1 is 0.943 bits per heavy atom. The van der Waals surface area contributed by atoms with E-state index in [0.717, 1.165) is 49.8 Å². The van der Waals surface area contributed by atoms with E-state index in [0.29, 0.717) is 19.0 Å². The van der Waals surface area contributed by atoms with Crippen LogP contribution in [0.2, 0.25) is 0 Å². The zero-order valence-corrected chi connectivity index (χ0v) is 21.7. The van der Waals surface area contributed by atoms with Crippen LogP contribution in [0.3, 0.4) is 0 Å². The van der Waals surface area contributed by atoms with Crippen LogP contribution in [0, 0.1) is 5.92 Å². The predicted octanol–water partition coefficient (Wildman–Crippen LogP) is 4.30. The fraction of sp³-hybridized carbons (Fsp3) is 0.586. The molecule has 1 aromatic heterocycles. The van der Waals surface area contributed by atoms with E-state index >= 15 is 0 Å². The van der Waals surface area contributed by atoms with Crippen molar-refractivity contribution in [2.45, 2.75) is 90.5 Å². The Kier molecular flexibility index (Phi) is 12.2. The smallest absolute Gasteiger partial charge is 0.237 e. The fourth-order valence-electron chi connectivity index (χ4n) is 4.63. The molecule has 6 nitrogen and oxygen atoms in total. The molecule has 192 valence electrons. The third-order valence-corrected chi connectivity index (χ3v) is 6.67. The van der Waals surface area contributed by atoms with Gasteiger partial charge in [-0.15, -0.1) is 0 Å². The van der Waals surface area contributed by atoms with Crippen molar-refractivity contribution in [2.24, 2.45) is 5.92 Å². The maximum Gasteiger partial charge on any atom is 0.237 e. The topological polar surface area (TPSA) is 78.1 Å². The second-order valence-corrected chi connectivity index (χ2v) is 10.2. The van der Waals surface area contributed by atoms with E-state index in [1.54, 1.807) is 6.20 Å². The standard InChI is InChI=1S/C29H45N5O/c1-23(2)19-28(33-22-27-11-6-7-17-32-27)29(35)34-21-25-14-12-24(13-15-25)20-30-16-8-18-31-26-9-4-3-5-10-26/h6-7,11-15,17,23,26,28,30-31,33H,3-5,8-10,16,18-22H2,1-2H3,(H,34,35)/t28-/m0/s1. The molecule has 1 atom stereocenters. The third kappa shape index (κ3) is 10.9. The van der Waals surface area contributed by atoms with Gasteiger partial charge in [0.1, 0.15) is 0 Å². The van der Waals surface area contributed by atoms with Crippen molar-refractivity contribution in [3.63, 3.8) is 0 Å². The normalized spacial score (nSPS) is 15.3. The summed E-state index contributed by atoms with van der Waals surface area (Å²) in [4.78, 5) is 17.2. The summed E-state index contributed by atoms with van der Waals surface area (Å²) in [5.41, 5.74) is 3.33. The van der Waals surface area contributed by atoms with Crippen molar-refractivity contribution < 1.29 is 4.79 Å². The van der Waals surface area contributed by atoms with E-state index in [-0.39, 0.29) is 11.9 Å². The fourth-order valence-corrected chi connectivity index (χ4v) is 4.63. The van der Waals surface area contributed by atoms with Gasteiger partial charge in [-0.05, 0) is 68.0 Å². The molecule has 1 aliphatic rings. The van der Waals surface area contributed by atoms with Gasteiger partial charge < -0.3 is 21.3 Å². The molecular weight excluding hydrogens is 434 g/mol. The number of hydrogen-bond donors (Lipinski definition) is 4. The highest BCUT2D eigenvalue weighted by atomic mass is 16.2. The van der Waals surface area contributed by atoms with Crippen molar-refractivity contribution in [3.8, 4) is 0 Å². The van der Waals surface area contributed by atoms with Crippen LogP contribution in [0.15, 0.2) is 48.7 Å². The average Bonchev–Trinajstić information content (AvgIpc) is 2.89. The third-order valence-electron chi connectivity index (χ3n) is 6.67. The SMILES string of the molecule is CC(C)C[C@H](NCc1ccccn1)C(=O)NCc1ccc(CNCCCNC2CCCCC2)cc1. The second-order valence-electron chi connectivity index (χ2n) is 10.2. The highest BCUT2D eigenvalue weighted by molar-refractivity contribution is 5.81. The van der Waals surface area contributed by atoms with Crippen molar-refractivity contribution in [3.05, 3.63) is 65.5 Å². The van der Waals surface area contributed by atoms with Crippen molar-refractivity contribution >= 4 is 5.91 Å². The number of benzene rings is 1. The van der Waals surface area contributed by atoms with Crippen LogP contribution in [0.5, 0.6) is 0 Å². The van der Waals surface area contributed by atoms with Gasteiger partial charge in [0.2, 0.25) is 5.91 Å². The molecule has 0 spiro atoms. The number of rotatable bonds is 15. The molecule has 0 radical (unpaired) electrons. The van der Waals surface area contributed by atoms with Crippen LogP contribution in [-0.4, -0.2) is 36.1 Å². The average molecular weight is 480 g/mol. The number of pyridine rings is 1. The van der Waals surface area contributed by atoms with Gasteiger partial charge in [-0.2, -0.15) is 0 Å². The summed E-state index contributed by atoms with van der Waals surface area (Å²) in [6.45, 7) is 8.42. The van der Waals surface area contributed by atoms with E-state index in [4.69, 9.17) is 0 Å². The van der Waals surface area contributed by atoms with Gasteiger partial charge in [0.25, 0.3) is 0 Å². The number of carbonyl (C=O) groups excluding carboxylic acids is 1. The van der Waals surface area contributed by atoms with Crippen molar-refractivity contribution in [2.75, 3.05) is 13.1 Å². The van der Waals surface area contributed by atoms with Crippen LogP contribution in [-0.2, 0) is 24.4 Å². The van der Waals surface area contributed by atoms with Crippen molar-refractivity contribution in [1.29, 1.82) is 0 Å². The Balaban J connectivity index is 1.33. The van der Waals surface area contributed by atoms with Crippen LogP contribution in [0.1, 0.15) is 75.6 Å². The zero-order chi connectivity index (χ0) is 24.7. The van der Waals surface area contributed by atoms with Crippen LogP contribution in [0.25, 0.3) is 0 Å². The van der Waals surface area contributed by atoms with E-state index in [1.807, 2.05) is 18.2 Å². The molecule has 4 N–H and O–H groups in total. The van der Waals surface area contributed by atoms with Gasteiger partial charge in [-0.3, -0.25) is 9.78 Å². The lowest BCUT2D eigenvalue weighted by molar-refractivity contribution is -0.123. The first kappa shape index (κ1) is 27.3. The Hall–Kier alpha value is -2.28. The molecule has 0 aliphatic heterocycles. The molecule has 1 amide bonds. The minimum Gasteiger partial charge on any atom is -0.351 e. The summed E-state index contributed by atoms with van der Waals surface area (Å²) in [6.07, 6.45) is 10.6. The number of amides is 1. The molecule has 1 aliphatic carbocycles. The Morgan fingerprint density at radius 3 is 2.37 bits per heavy atom. The first-order valence-corrected chi connectivity index (χ1v) is 13.5. The number of hydrogen-bond acceptors (Lipinski definition) is 5. The van der Waals surface area contributed by atoms with E-state index < -0.39 is 0 Å². The summed E-state index contributed by atoms with van der Waals surface area (Å²) >= 11 is 0. The van der Waals surface area contributed by atoms with Crippen LogP contribution >= 0.6 is 0 Å². The van der Waals surface area contributed by atoms with Gasteiger partial charge in [-0.1, -0.05) is 63.4 Å². The van der Waals surface area contributed by atoms with E-state index in [2.05, 4.69) is 64.4 Å². The zero-order valence-electron chi connectivity index (χ0n) is 21.7. The molecule has 35 heavy (non-hydrogen) atoms. The minimum absolute atomic E-state index is 0.0437. The lowest BCUT2D eigenvalue weighted by atomic mass is 9.95. The lowest BCUT2D eigenvalue weighted by Crippen LogP contribution is -2.44. The van der Waals surface area contributed by atoms with Gasteiger partial charge in [0, 0.05) is 31.9 Å². The minimum atomic E-state index is -0.229. The molecule has 1 fully saturated rings. The summed E-state index contributed by atoms with van der Waals surface area (Å²) in [6, 6.07) is 14.9. The highest BCUT2D eigenvalue weighted by Crippen LogP contribution is 2.17. The summed E-state index contributed by atoms with van der Waals surface area (Å²) in [7, 11) is 0. The molecule has 0 bridgehead atoms. The Bertz CT molecular complexity index is 834. The molecule has 0 unspecified atom stereocenters. The van der Waals surface area contributed by atoms with E-state index in [9.17, 15) is 4.79 Å². The maximum atomic E-state index is 12.9. The number of aromatic nitrogens is 1. The molecule has 0 saturated heterocycles. The van der Waals surface area contributed by atoms with Gasteiger partial charge >= 0.3 is 0 Å². The lowest BCUT2D eigenvalue weighted by Gasteiger charge is -2.22.